The molecule has 0 aromatic heterocycles. The summed E-state index contributed by atoms with van der Waals surface area (Å²) in [5.74, 6) is -0.455. The van der Waals surface area contributed by atoms with Gasteiger partial charge in [-0.05, 0) is 34.1 Å². The number of rotatable bonds is 5. The van der Waals surface area contributed by atoms with Crippen LogP contribution in [0, 0.1) is 5.92 Å². The lowest BCUT2D eigenvalue weighted by molar-refractivity contribution is -0.147. The number of alkyl carbamates (subject to hydrolysis) is 1. The van der Waals surface area contributed by atoms with Crippen molar-refractivity contribution in [3.05, 3.63) is 0 Å². The zero-order chi connectivity index (χ0) is 13.5. The average molecular weight is 245 g/mol. The zero-order valence-corrected chi connectivity index (χ0v) is 11.3. The Morgan fingerprint density at radius 1 is 1.29 bits per heavy atom. The van der Waals surface area contributed by atoms with E-state index < -0.39 is 11.7 Å². The monoisotopic (exact) mass is 245 g/mol. The van der Waals surface area contributed by atoms with Gasteiger partial charge in [0.1, 0.15) is 5.60 Å². The Kier molecular flexibility index (Phi) is 6.61. The van der Waals surface area contributed by atoms with Crippen molar-refractivity contribution in [1.82, 2.24) is 5.32 Å². The number of hydrogen-bond donors (Lipinski definition) is 1. The van der Waals surface area contributed by atoms with E-state index in [0.29, 0.717) is 19.6 Å². The summed E-state index contributed by atoms with van der Waals surface area (Å²) in [7, 11) is 0. The van der Waals surface area contributed by atoms with Crippen LogP contribution in [-0.4, -0.2) is 30.8 Å². The number of amides is 1. The minimum absolute atomic E-state index is 0.218. The van der Waals surface area contributed by atoms with E-state index in [1.54, 1.807) is 34.6 Å². The molecule has 0 aromatic carbocycles. The number of carbonyl (C=O) groups is 2. The third-order valence-electron chi connectivity index (χ3n) is 1.93. The van der Waals surface area contributed by atoms with Gasteiger partial charge in [-0.1, -0.05) is 6.92 Å². The number of carbonyl (C=O) groups excluding carboxylic acids is 2. The van der Waals surface area contributed by atoms with Gasteiger partial charge in [-0.2, -0.15) is 0 Å². The molecule has 0 spiro atoms. The summed E-state index contributed by atoms with van der Waals surface area (Å²) >= 11 is 0. The molecule has 0 fully saturated rings. The molecule has 1 unspecified atom stereocenters. The molecule has 0 aliphatic heterocycles. The van der Waals surface area contributed by atoms with Crippen molar-refractivity contribution in [1.29, 1.82) is 0 Å². The highest BCUT2D eigenvalue weighted by molar-refractivity contribution is 5.72. The molecular formula is C12H23NO4. The van der Waals surface area contributed by atoms with E-state index in [2.05, 4.69) is 5.32 Å². The summed E-state index contributed by atoms with van der Waals surface area (Å²) in [6, 6.07) is 0. The Balaban J connectivity index is 3.77. The van der Waals surface area contributed by atoms with Gasteiger partial charge in [0.05, 0.1) is 12.5 Å². The summed E-state index contributed by atoms with van der Waals surface area (Å²) in [6.07, 6.45) is 0.0755. The highest BCUT2D eigenvalue weighted by Gasteiger charge is 2.17. The molecule has 0 saturated carbocycles. The van der Waals surface area contributed by atoms with Crippen LogP contribution < -0.4 is 5.32 Å². The van der Waals surface area contributed by atoms with Crippen LogP contribution in [0.1, 0.15) is 41.0 Å². The van der Waals surface area contributed by atoms with Gasteiger partial charge in [-0.15, -0.1) is 0 Å². The second-order valence-corrected chi connectivity index (χ2v) is 4.87. The van der Waals surface area contributed by atoms with Crippen molar-refractivity contribution in [3.8, 4) is 0 Å². The molecule has 5 nitrogen and oxygen atoms in total. The van der Waals surface area contributed by atoms with Crippen molar-refractivity contribution in [2.75, 3.05) is 13.2 Å². The van der Waals surface area contributed by atoms with Gasteiger partial charge in [-0.25, -0.2) is 4.79 Å². The van der Waals surface area contributed by atoms with Crippen molar-refractivity contribution in [3.63, 3.8) is 0 Å². The number of nitrogens with one attached hydrogen (secondary N) is 1. The summed E-state index contributed by atoms with van der Waals surface area (Å²) in [6.45, 7) is 9.71. The maximum absolute atomic E-state index is 11.3. The summed E-state index contributed by atoms with van der Waals surface area (Å²) in [4.78, 5) is 22.6. The topological polar surface area (TPSA) is 64.6 Å². The van der Waals surface area contributed by atoms with Crippen LogP contribution in [0.3, 0.4) is 0 Å². The third kappa shape index (κ3) is 8.54. The van der Waals surface area contributed by atoms with Crippen LogP contribution in [-0.2, 0) is 14.3 Å². The van der Waals surface area contributed by atoms with Crippen LogP contribution in [0.25, 0.3) is 0 Å². The first-order chi connectivity index (χ1) is 7.76. The fourth-order valence-corrected chi connectivity index (χ4v) is 1.11. The molecule has 0 rings (SSSR count). The van der Waals surface area contributed by atoms with E-state index in [4.69, 9.17) is 9.47 Å². The molecule has 0 saturated heterocycles. The molecule has 0 aromatic rings. The molecule has 1 N–H and O–H groups in total. The van der Waals surface area contributed by atoms with Gasteiger partial charge in [-0.3, -0.25) is 4.79 Å². The normalized spacial score (nSPS) is 12.8. The summed E-state index contributed by atoms with van der Waals surface area (Å²) < 4.78 is 9.92. The Morgan fingerprint density at radius 2 is 1.88 bits per heavy atom. The van der Waals surface area contributed by atoms with Crippen LogP contribution >= 0.6 is 0 Å². The van der Waals surface area contributed by atoms with Crippen LogP contribution in [0.4, 0.5) is 4.79 Å². The fourth-order valence-electron chi connectivity index (χ4n) is 1.11. The first kappa shape index (κ1) is 15.7. The predicted octanol–water partition coefficient (Wildman–Crippen LogP) is 2.10. The van der Waals surface area contributed by atoms with Crippen LogP contribution in [0.5, 0.6) is 0 Å². The Hall–Kier alpha value is -1.26. The van der Waals surface area contributed by atoms with Gasteiger partial charge >= 0.3 is 12.1 Å². The lowest BCUT2D eigenvalue weighted by atomic mass is 10.1. The first-order valence-corrected chi connectivity index (χ1v) is 5.89. The largest absolute Gasteiger partial charge is 0.466 e. The second kappa shape index (κ2) is 7.14. The lowest BCUT2D eigenvalue weighted by Gasteiger charge is -2.20. The van der Waals surface area contributed by atoms with Crippen molar-refractivity contribution < 1.29 is 19.1 Å². The molecule has 100 valence electrons. The fraction of sp³-hybridized carbons (Fsp3) is 0.833. The van der Waals surface area contributed by atoms with E-state index in [0.717, 1.165) is 0 Å². The predicted molar refractivity (Wildman–Crippen MR) is 64.7 cm³/mol. The van der Waals surface area contributed by atoms with Crippen LogP contribution in [0.2, 0.25) is 0 Å². The second-order valence-electron chi connectivity index (χ2n) is 4.87. The molecule has 0 bridgehead atoms. The maximum Gasteiger partial charge on any atom is 0.407 e. The Labute approximate surface area is 103 Å². The SMILES string of the molecule is CCOC(=O)C(C)CCNC(=O)OC(C)(C)C. The van der Waals surface area contributed by atoms with E-state index in [9.17, 15) is 9.59 Å². The highest BCUT2D eigenvalue weighted by atomic mass is 16.6. The minimum Gasteiger partial charge on any atom is -0.466 e. The van der Waals surface area contributed by atoms with Gasteiger partial charge in [0.25, 0.3) is 0 Å². The number of esters is 1. The quantitative estimate of drug-likeness (QED) is 0.753. The number of hydrogen-bond acceptors (Lipinski definition) is 4. The van der Waals surface area contributed by atoms with Gasteiger partial charge < -0.3 is 14.8 Å². The molecular weight excluding hydrogens is 222 g/mol. The van der Waals surface area contributed by atoms with Gasteiger partial charge in [0.15, 0.2) is 0 Å². The molecule has 0 aliphatic carbocycles. The maximum atomic E-state index is 11.3. The molecule has 0 radical (unpaired) electrons. The molecule has 1 amide bonds. The summed E-state index contributed by atoms with van der Waals surface area (Å²) in [5, 5.41) is 2.60. The lowest BCUT2D eigenvalue weighted by Crippen LogP contribution is -2.34. The van der Waals surface area contributed by atoms with E-state index >= 15 is 0 Å². The molecule has 17 heavy (non-hydrogen) atoms. The van der Waals surface area contributed by atoms with E-state index in [1.807, 2.05) is 0 Å². The first-order valence-electron chi connectivity index (χ1n) is 5.89. The van der Waals surface area contributed by atoms with Crippen molar-refractivity contribution in [2.24, 2.45) is 5.92 Å². The Morgan fingerprint density at radius 3 is 2.35 bits per heavy atom. The zero-order valence-electron chi connectivity index (χ0n) is 11.3. The van der Waals surface area contributed by atoms with Gasteiger partial charge in [0, 0.05) is 6.54 Å². The highest BCUT2D eigenvalue weighted by Crippen LogP contribution is 2.07. The third-order valence-corrected chi connectivity index (χ3v) is 1.93. The number of ether oxygens (including phenoxy) is 2. The molecule has 5 heteroatoms. The van der Waals surface area contributed by atoms with E-state index in [-0.39, 0.29) is 11.9 Å². The standard InChI is InChI=1S/C12H23NO4/c1-6-16-10(14)9(2)7-8-13-11(15)17-12(3,4)5/h9H,6-8H2,1-5H3,(H,13,15). The van der Waals surface area contributed by atoms with Crippen LogP contribution in [0.15, 0.2) is 0 Å². The minimum atomic E-state index is -0.503. The summed E-state index contributed by atoms with van der Waals surface area (Å²) in [5.41, 5.74) is -0.503. The molecule has 0 aliphatic rings. The van der Waals surface area contributed by atoms with Crippen molar-refractivity contribution in [2.45, 2.75) is 46.6 Å². The van der Waals surface area contributed by atoms with Gasteiger partial charge in [0.2, 0.25) is 0 Å². The molecule has 1 atom stereocenters. The Bertz CT molecular complexity index is 258. The molecule has 0 heterocycles. The van der Waals surface area contributed by atoms with E-state index in [1.165, 1.54) is 0 Å². The van der Waals surface area contributed by atoms with Crippen molar-refractivity contribution >= 4 is 12.1 Å². The average Bonchev–Trinajstić information content (AvgIpc) is 2.14. The smallest absolute Gasteiger partial charge is 0.407 e.